The van der Waals surface area contributed by atoms with Gasteiger partial charge in [-0.1, -0.05) is 35.5 Å². The number of anilines is 1. The lowest BCUT2D eigenvalue weighted by Crippen LogP contribution is -2.36. The van der Waals surface area contributed by atoms with E-state index in [0.29, 0.717) is 11.9 Å². The third kappa shape index (κ3) is 6.64. The Morgan fingerprint density at radius 1 is 1.24 bits per heavy atom. The summed E-state index contributed by atoms with van der Waals surface area (Å²) in [6.45, 7) is 3.60. The molecule has 0 saturated heterocycles. The van der Waals surface area contributed by atoms with Crippen LogP contribution in [0, 0.1) is 13.8 Å². The van der Waals surface area contributed by atoms with E-state index in [1.807, 2.05) is 32.0 Å². The van der Waals surface area contributed by atoms with Crippen LogP contribution in [-0.2, 0) is 15.8 Å². The Morgan fingerprint density at radius 2 is 1.93 bits per heavy atom. The number of hydrogen-bond acceptors (Lipinski definition) is 4. The molecule has 1 aromatic carbocycles. The van der Waals surface area contributed by atoms with Crippen LogP contribution < -0.4 is 5.32 Å². The first kappa shape index (κ1) is 23.0. The van der Waals surface area contributed by atoms with Crippen molar-refractivity contribution >= 4 is 40.9 Å². The summed E-state index contributed by atoms with van der Waals surface area (Å²) < 4.78 is 37.9. The van der Waals surface area contributed by atoms with Gasteiger partial charge in [-0.05, 0) is 37.1 Å². The number of hydrogen-bond donors (Lipinski definition) is 1. The number of aromatic nitrogens is 1. The number of amides is 2. The van der Waals surface area contributed by atoms with E-state index in [9.17, 15) is 22.8 Å². The van der Waals surface area contributed by atoms with Gasteiger partial charge in [0.05, 0.1) is 22.9 Å². The summed E-state index contributed by atoms with van der Waals surface area (Å²) >= 11 is 6.73. The Morgan fingerprint density at radius 3 is 2.55 bits per heavy atom. The van der Waals surface area contributed by atoms with Gasteiger partial charge in [0.15, 0.2) is 0 Å². The molecule has 1 aromatic heterocycles. The van der Waals surface area contributed by atoms with E-state index < -0.39 is 11.7 Å². The molecule has 0 bridgehead atoms. The number of alkyl halides is 3. The number of thioether (sulfide) groups is 1. The van der Waals surface area contributed by atoms with Gasteiger partial charge >= 0.3 is 6.18 Å². The molecule has 2 rings (SSSR count). The second-order valence-corrected chi connectivity index (χ2v) is 7.79. The lowest BCUT2D eigenvalue weighted by atomic mass is 10.1. The molecular formula is C19H19ClF3N3O2S. The maximum Gasteiger partial charge on any atom is 0.417 e. The summed E-state index contributed by atoms with van der Waals surface area (Å²) in [6, 6.07) is 6.42. The van der Waals surface area contributed by atoms with Crippen LogP contribution in [0.5, 0.6) is 0 Å². The molecule has 156 valence electrons. The number of nitrogens with one attached hydrogen (secondary N) is 1. The minimum absolute atomic E-state index is 0.112. The van der Waals surface area contributed by atoms with Crippen LogP contribution >= 0.6 is 23.4 Å². The third-order valence-electron chi connectivity index (χ3n) is 3.94. The van der Waals surface area contributed by atoms with Gasteiger partial charge in [0.25, 0.3) is 0 Å². The third-order valence-corrected chi connectivity index (χ3v) is 5.33. The van der Waals surface area contributed by atoms with Crippen LogP contribution in [0.3, 0.4) is 0 Å². The van der Waals surface area contributed by atoms with Crippen LogP contribution in [0.4, 0.5) is 18.9 Å². The Hall–Kier alpha value is -2.26. The van der Waals surface area contributed by atoms with Gasteiger partial charge in [0, 0.05) is 18.9 Å². The second kappa shape index (κ2) is 9.49. The maximum atomic E-state index is 12.6. The first-order valence-corrected chi connectivity index (χ1v) is 9.80. The molecule has 2 amide bonds. The molecule has 0 aliphatic rings. The van der Waals surface area contributed by atoms with Crippen LogP contribution in [-0.4, -0.2) is 41.0 Å². The van der Waals surface area contributed by atoms with Gasteiger partial charge in [-0.25, -0.2) is 4.98 Å². The number of carbonyl (C=O) groups is 2. The summed E-state index contributed by atoms with van der Waals surface area (Å²) in [5.74, 6) is -0.861. The first-order valence-electron chi connectivity index (χ1n) is 8.44. The standard InChI is InChI=1S/C19H19ClF3N3O2S/c1-11-4-5-12(2)15(6-11)25-16(27)9-26(3)17(28)10-29-18-14(20)7-13(8-24-18)19(21,22)23/h4-8H,9-10H2,1-3H3,(H,25,27). The quantitative estimate of drug-likeness (QED) is 0.662. The number of aryl methyl sites for hydroxylation is 2. The van der Waals surface area contributed by atoms with E-state index >= 15 is 0 Å². The Labute approximate surface area is 175 Å². The second-order valence-electron chi connectivity index (χ2n) is 6.41. The fourth-order valence-electron chi connectivity index (χ4n) is 2.29. The largest absolute Gasteiger partial charge is 0.417 e. The van der Waals surface area contributed by atoms with Crippen molar-refractivity contribution < 1.29 is 22.8 Å². The summed E-state index contributed by atoms with van der Waals surface area (Å²) in [5.41, 5.74) is 1.61. The number of benzene rings is 1. The van der Waals surface area contributed by atoms with Gasteiger partial charge in [-0.15, -0.1) is 0 Å². The predicted molar refractivity (Wildman–Crippen MR) is 107 cm³/mol. The number of pyridine rings is 1. The van der Waals surface area contributed by atoms with Crippen molar-refractivity contribution in [2.45, 2.75) is 25.0 Å². The van der Waals surface area contributed by atoms with Crippen LogP contribution in [0.25, 0.3) is 0 Å². The van der Waals surface area contributed by atoms with Gasteiger partial charge in [-0.2, -0.15) is 13.2 Å². The van der Waals surface area contributed by atoms with E-state index in [-0.39, 0.29) is 34.2 Å². The van der Waals surface area contributed by atoms with Gasteiger partial charge in [0.2, 0.25) is 11.8 Å². The van der Waals surface area contributed by atoms with Crippen molar-refractivity contribution in [2.75, 3.05) is 24.7 Å². The molecule has 10 heteroatoms. The van der Waals surface area contributed by atoms with Crippen molar-refractivity contribution in [3.05, 3.63) is 52.2 Å². The zero-order chi connectivity index (χ0) is 21.8. The molecule has 0 aliphatic heterocycles. The minimum Gasteiger partial charge on any atom is -0.336 e. The van der Waals surface area contributed by atoms with E-state index in [2.05, 4.69) is 10.3 Å². The highest BCUT2D eigenvalue weighted by Gasteiger charge is 2.31. The smallest absolute Gasteiger partial charge is 0.336 e. The lowest BCUT2D eigenvalue weighted by Gasteiger charge is -2.17. The van der Waals surface area contributed by atoms with Crippen LogP contribution in [0.2, 0.25) is 5.02 Å². The number of halogens is 4. The van der Waals surface area contributed by atoms with Gasteiger partial charge in [-0.3, -0.25) is 9.59 Å². The van der Waals surface area contributed by atoms with E-state index in [1.165, 1.54) is 11.9 Å². The molecule has 0 saturated carbocycles. The van der Waals surface area contributed by atoms with E-state index in [0.717, 1.165) is 29.0 Å². The molecule has 0 aliphatic carbocycles. The van der Waals surface area contributed by atoms with Crippen molar-refractivity contribution in [2.24, 2.45) is 0 Å². The van der Waals surface area contributed by atoms with Crippen LogP contribution in [0.15, 0.2) is 35.5 Å². The van der Waals surface area contributed by atoms with Crippen molar-refractivity contribution in [3.63, 3.8) is 0 Å². The molecule has 1 heterocycles. The van der Waals surface area contributed by atoms with Crippen molar-refractivity contribution in [1.82, 2.24) is 9.88 Å². The molecule has 29 heavy (non-hydrogen) atoms. The molecule has 0 spiro atoms. The molecule has 0 fully saturated rings. The fourth-order valence-corrected chi connectivity index (χ4v) is 3.43. The molecule has 2 aromatic rings. The first-order chi connectivity index (χ1) is 13.5. The normalized spacial score (nSPS) is 11.3. The summed E-state index contributed by atoms with van der Waals surface area (Å²) in [4.78, 5) is 29.3. The van der Waals surface area contributed by atoms with E-state index in [4.69, 9.17) is 11.6 Å². The van der Waals surface area contributed by atoms with Gasteiger partial charge < -0.3 is 10.2 Å². The number of nitrogens with zero attached hydrogens (tertiary/aromatic N) is 2. The SMILES string of the molecule is Cc1ccc(C)c(NC(=O)CN(C)C(=O)CSc2ncc(C(F)(F)F)cc2Cl)c1. The average Bonchev–Trinajstić information content (AvgIpc) is 2.62. The fraction of sp³-hybridized carbons (Fsp3) is 0.316. The lowest BCUT2D eigenvalue weighted by molar-refractivity contribution is -0.137. The summed E-state index contributed by atoms with van der Waals surface area (Å²) in [7, 11) is 1.47. The number of likely N-dealkylation sites (N-methyl/N-ethyl adjacent to an activating group) is 1. The number of carbonyl (C=O) groups excluding carboxylic acids is 2. The molecule has 0 radical (unpaired) electrons. The Kier molecular flexibility index (Phi) is 7.54. The highest BCUT2D eigenvalue weighted by atomic mass is 35.5. The zero-order valence-corrected chi connectivity index (χ0v) is 17.5. The average molecular weight is 446 g/mol. The molecule has 1 N–H and O–H groups in total. The Bertz CT molecular complexity index is 922. The monoisotopic (exact) mass is 445 g/mol. The highest BCUT2D eigenvalue weighted by molar-refractivity contribution is 8.00. The molecule has 0 unspecified atom stereocenters. The Balaban J connectivity index is 1.90. The van der Waals surface area contributed by atoms with Crippen molar-refractivity contribution in [1.29, 1.82) is 0 Å². The predicted octanol–water partition coefficient (Wildman–Crippen LogP) is 4.56. The summed E-state index contributed by atoms with van der Waals surface area (Å²) in [5, 5.41) is 2.69. The van der Waals surface area contributed by atoms with Crippen LogP contribution in [0.1, 0.15) is 16.7 Å². The molecule has 5 nitrogen and oxygen atoms in total. The summed E-state index contributed by atoms with van der Waals surface area (Å²) in [6.07, 6.45) is -3.88. The minimum atomic E-state index is -4.54. The highest BCUT2D eigenvalue weighted by Crippen LogP contribution is 2.33. The number of rotatable bonds is 6. The maximum absolute atomic E-state index is 12.6. The van der Waals surface area contributed by atoms with Crippen molar-refractivity contribution in [3.8, 4) is 0 Å². The zero-order valence-electron chi connectivity index (χ0n) is 15.9. The molecular weight excluding hydrogens is 427 g/mol. The molecule has 0 atom stereocenters. The van der Waals surface area contributed by atoms with E-state index in [1.54, 1.807) is 0 Å². The van der Waals surface area contributed by atoms with Gasteiger partial charge in [0.1, 0.15) is 5.03 Å². The topological polar surface area (TPSA) is 62.3 Å².